The average molecular weight is 605 g/mol. The predicted molar refractivity (Wildman–Crippen MR) is 146 cm³/mol. The summed E-state index contributed by atoms with van der Waals surface area (Å²) in [4.78, 5) is 0.185. The summed E-state index contributed by atoms with van der Waals surface area (Å²) in [5.41, 5.74) is 2.88. The largest absolute Gasteiger partial charge is 0.460 e. The van der Waals surface area contributed by atoms with Crippen molar-refractivity contribution in [2.45, 2.75) is 51.3 Å². The molecule has 1 aliphatic rings. The van der Waals surface area contributed by atoms with Crippen molar-refractivity contribution in [3.63, 3.8) is 0 Å². The van der Waals surface area contributed by atoms with Crippen LogP contribution >= 0.6 is 31.9 Å². The zero-order valence-corrected chi connectivity index (χ0v) is 23.4. The Morgan fingerprint density at radius 3 is 2.53 bits per heavy atom. The van der Waals surface area contributed by atoms with Crippen molar-refractivity contribution >= 4 is 69.3 Å². The van der Waals surface area contributed by atoms with Crippen molar-refractivity contribution in [3.05, 3.63) is 68.8 Å². The summed E-state index contributed by atoms with van der Waals surface area (Å²) >= 11 is 6.77. The number of rotatable bonds is 5. The third kappa shape index (κ3) is 4.10. The van der Waals surface area contributed by atoms with Crippen LogP contribution in [0.4, 0.5) is 5.69 Å². The molecule has 4 aromatic rings. The lowest BCUT2D eigenvalue weighted by molar-refractivity contribution is 0.179. The molecule has 1 aliphatic carbocycles. The lowest BCUT2D eigenvalue weighted by Gasteiger charge is -2.36. The Kier molecular flexibility index (Phi) is 6.10. The summed E-state index contributed by atoms with van der Waals surface area (Å²) in [5.74, 6) is 1.60. The molecular formula is C27H27Br2NO3S. The van der Waals surface area contributed by atoms with Gasteiger partial charge in [-0.15, -0.1) is 0 Å². The number of furan rings is 1. The number of benzene rings is 3. The van der Waals surface area contributed by atoms with Gasteiger partial charge in [0.15, 0.2) is 0 Å². The minimum Gasteiger partial charge on any atom is -0.460 e. The van der Waals surface area contributed by atoms with Gasteiger partial charge in [-0.05, 0) is 64.4 Å². The van der Waals surface area contributed by atoms with Gasteiger partial charge in [0.25, 0.3) is 10.0 Å². The van der Waals surface area contributed by atoms with Crippen LogP contribution in [0.1, 0.15) is 44.9 Å². The van der Waals surface area contributed by atoms with Crippen LogP contribution in [0.25, 0.3) is 21.7 Å². The van der Waals surface area contributed by atoms with Crippen molar-refractivity contribution < 1.29 is 12.8 Å². The molecular weight excluding hydrogens is 578 g/mol. The molecule has 1 heterocycles. The van der Waals surface area contributed by atoms with Crippen LogP contribution in [0.3, 0.4) is 0 Å². The van der Waals surface area contributed by atoms with E-state index >= 15 is 0 Å². The van der Waals surface area contributed by atoms with E-state index in [2.05, 4.69) is 57.4 Å². The third-order valence-corrected chi connectivity index (χ3v) is 10.3. The Hall–Kier alpha value is -1.83. The first-order valence-corrected chi connectivity index (χ1v) is 14.6. The van der Waals surface area contributed by atoms with Gasteiger partial charge in [0.2, 0.25) is 0 Å². The van der Waals surface area contributed by atoms with E-state index in [0.717, 1.165) is 53.2 Å². The van der Waals surface area contributed by atoms with Crippen LogP contribution in [0.15, 0.2) is 66.8 Å². The van der Waals surface area contributed by atoms with E-state index in [1.165, 1.54) is 5.56 Å². The maximum Gasteiger partial charge on any atom is 0.263 e. The highest BCUT2D eigenvalue weighted by Gasteiger charge is 2.34. The molecule has 0 fully saturated rings. The van der Waals surface area contributed by atoms with Gasteiger partial charge in [0, 0.05) is 37.1 Å². The Bertz CT molecular complexity index is 1520. The van der Waals surface area contributed by atoms with Crippen LogP contribution in [0, 0.1) is 11.3 Å². The SMILES string of the molecule is CCC(C)(C)C1CCc2oc3c(cc(NS(=O)(=O)c4cc(Br)ccc4Br)c4ccccc43)c2C1. The number of halogens is 2. The normalized spacial score (nSPS) is 16.7. The minimum atomic E-state index is -3.83. The quantitative estimate of drug-likeness (QED) is 0.248. The highest BCUT2D eigenvalue weighted by molar-refractivity contribution is 9.11. The Morgan fingerprint density at radius 1 is 1.06 bits per heavy atom. The fraction of sp³-hybridized carbons (Fsp3) is 0.333. The number of sulfonamides is 1. The van der Waals surface area contributed by atoms with Gasteiger partial charge in [0.05, 0.1) is 5.69 Å². The van der Waals surface area contributed by atoms with E-state index in [9.17, 15) is 8.42 Å². The van der Waals surface area contributed by atoms with Gasteiger partial charge in [-0.25, -0.2) is 8.42 Å². The molecule has 0 aliphatic heterocycles. The standard InChI is InChI=1S/C27H27Br2NO3S/c1-4-27(2,3)16-9-12-24-20(13-16)21-15-23(18-7-5-6-8-19(18)26(21)33-24)30-34(31,32)25-14-17(28)10-11-22(25)29/h5-8,10-11,14-16,30H,4,9,12-13H2,1-3H3. The van der Waals surface area contributed by atoms with Crippen LogP contribution in [0.2, 0.25) is 0 Å². The van der Waals surface area contributed by atoms with E-state index < -0.39 is 10.0 Å². The number of aryl methyl sites for hydroxylation is 1. The van der Waals surface area contributed by atoms with E-state index in [1.807, 2.05) is 30.3 Å². The number of hydrogen-bond acceptors (Lipinski definition) is 3. The number of hydrogen-bond donors (Lipinski definition) is 1. The highest BCUT2D eigenvalue weighted by atomic mass is 79.9. The molecule has 1 unspecified atom stereocenters. The van der Waals surface area contributed by atoms with Gasteiger partial charge in [-0.2, -0.15) is 0 Å². The second-order valence-corrected chi connectivity index (χ2v) is 13.2. The van der Waals surface area contributed by atoms with Crippen LogP contribution < -0.4 is 4.72 Å². The molecule has 1 N–H and O–H groups in total. The predicted octanol–water partition coefficient (Wildman–Crippen LogP) is 8.45. The van der Waals surface area contributed by atoms with E-state index in [0.29, 0.717) is 20.6 Å². The second-order valence-electron chi connectivity index (χ2n) is 9.81. The van der Waals surface area contributed by atoms with E-state index in [1.54, 1.807) is 18.2 Å². The highest BCUT2D eigenvalue weighted by Crippen LogP contribution is 2.45. The molecule has 178 valence electrons. The zero-order valence-electron chi connectivity index (χ0n) is 19.4. The van der Waals surface area contributed by atoms with Gasteiger partial charge in [-0.1, -0.05) is 67.4 Å². The van der Waals surface area contributed by atoms with Crippen molar-refractivity contribution in [2.75, 3.05) is 4.72 Å². The zero-order chi connectivity index (χ0) is 24.3. The van der Waals surface area contributed by atoms with Crippen molar-refractivity contribution in [2.24, 2.45) is 11.3 Å². The maximum absolute atomic E-state index is 13.4. The first kappa shape index (κ1) is 23.9. The maximum atomic E-state index is 13.4. The van der Waals surface area contributed by atoms with Gasteiger partial charge in [-0.3, -0.25) is 4.72 Å². The van der Waals surface area contributed by atoms with Crippen LogP contribution in [0.5, 0.6) is 0 Å². The molecule has 0 radical (unpaired) electrons. The fourth-order valence-electron chi connectivity index (χ4n) is 5.02. The molecule has 1 atom stereocenters. The van der Waals surface area contributed by atoms with Crippen LogP contribution in [-0.4, -0.2) is 8.42 Å². The first-order chi connectivity index (χ1) is 16.1. The number of nitrogens with one attached hydrogen (secondary N) is 1. The summed E-state index contributed by atoms with van der Waals surface area (Å²) in [6, 6.07) is 14.9. The minimum absolute atomic E-state index is 0.185. The molecule has 1 aromatic heterocycles. The van der Waals surface area contributed by atoms with E-state index in [4.69, 9.17) is 4.42 Å². The molecule has 7 heteroatoms. The van der Waals surface area contributed by atoms with Gasteiger partial charge in [0.1, 0.15) is 16.2 Å². The Morgan fingerprint density at radius 2 is 1.79 bits per heavy atom. The first-order valence-electron chi connectivity index (χ1n) is 11.5. The van der Waals surface area contributed by atoms with Crippen molar-refractivity contribution in [3.8, 4) is 0 Å². The van der Waals surface area contributed by atoms with Crippen molar-refractivity contribution in [1.82, 2.24) is 0 Å². The molecule has 3 aromatic carbocycles. The molecule has 0 saturated carbocycles. The van der Waals surface area contributed by atoms with Gasteiger partial charge >= 0.3 is 0 Å². The average Bonchev–Trinajstić information content (AvgIpc) is 3.18. The molecule has 0 spiro atoms. The summed E-state index contributed by atoms with van der Waals surface area (Å²) < 4.78 is 37.3. The molecule has 4 nitrogen and oxygen atoms in total. The molecule has 34 heavy (non-hydrogen) atoms. The van der Waals surface area contributed by atoms with Crippen molar-refractivity contribution in [1.29, 1.82) is 0 Å². The lowest BCUT2D eigenvalue weighted by Crippen LogP contribution is -2.28. The topological polar surface area (TPSA) is 59.3 Å². The Labute approximate surface area is 217 Å². The van der Waals surface area contributed by atoms with Crippen LogP contribution in [-0.2, 0) is 22.9 Å². The molecule has 0 amide bonds. The smallest absolute Gasteiger partial charge is 0.263 e. The number of anilines is 1. The summed E-state index contributed by atoms with van der Waals surface area (Å²) in [7, 11) is -3.83. The fourth-order valence-corrected chi connectivity index (χ4v) is 7.59. The second kappa shape index (κ2) is 8.68. The van der Waals surface area contributed by atoms with E-state index in [-0.39, 0.29) is 10.3 Å². The molecule has 0 bridgehead atoms. The summed E-state index contributed by atoms with van der Waals surface area (Å²) in [6.07, 6.45) is 4.10. The summed E-state index contributed by atoms with van der Waals surface area (Å²) in [5, 5.41) is 2.75. The van der Waals surface area contributed by atoms with Gasteiger partial charge < -0.3 is 4.42 Å². The lowest BCUT2D eigenvalue weighted by atomic mass is 9.69. The molecule has 0 saturated heterocycles. The summed E-state index contributed by atoms with van der Waals surface area (Å²) in [6.45, 7) is 6.94. The number of fused-ring (bicyclic) bond motifs is 5. The Balaban J connectivity index is 1.67. The monoisotopic (exact) mass is 603 g/mol. The third-order valence-electron chi connectivity index (χ3n) is 7.50. The molecule has 5 rings (SSSR count).